The van der Waals surface area contributed by atoms with E-state index in [4.69, 9.17) is 21.1 Å². The van der Waals surface area contributed by atoms with Crippen molar-refractivity contribution in [1.82, 2.24) is 0 Å². The Morgan fingerprint density at radius 3 is 2.42 bits per heavy atom. The fraction of sp³-hybridized carbons (Fsp3) is 0.176. The smallest absolute Gasteiger partial charge is 0.338 e. The molecule has 2 rings (SSSR count). The zero-order chi connectivity index (χ0) is 19.3. The van der Waals surface area contributed by atoms with Crippen molar-refractivity contribution in [2.24, 2.45) is 0 Å². The Morgan fingerprint density at radius 1 is 1.19 bits per heavy atom. The summed E-state index contributed by atoms with van der Waals surface area (Å²) in [6.45, 7) is 1.40. The predicted molar refractivity (Wildman–Crippen MR) is 94.6 cm³/mol. The maximum atomic E-state index is 12.2. The summed E-state index contributed by atoms with van der Waals surface area (Å²) in [5, 5.41) is 13.8. The van der Waals surface area contributed by atoms with Gasteiger partial charge in [-0.2, -0.15) is 0 Å². The second kappa shape index (κ2) is 8.30. The number of carbonyl (C=O) groups is 2. The molecule has 0 saturated carbocycles. The number of nitro groups is 1. The van der Waals surface area contributed by atoms with Crippen LogP contribution in [0.4, 0.5) is 11.4 Å². The number of ether oxygens (including phenoxy) is 2. The van der Waals surface area contributed by atoms with Crippen molar-refractivity contribution in [3.63, 3.8) is 0 Å². The van der Waals surface area contributed by atoms with Gasteiger partial charge in [-0.15, -0.1) is 0 Å². The van der Waals surface area contributed by atoms with E-state index in [0.29, 0.717) is 5.02 Å². The first-order chi connectivity index (χ1) is 12.3. The molecule has 1 atom stereocenters. The van der Waals surface area contributed by atoms with Gasteiger partial charge in [0.2, 0.25) is 0 Å². The molecule has 2 aromatic rings. The highest BCUT2D eigenvalue weighted by Gasteiger charge is 2.21. The molecular weight excluding hydrogens is 364 g/mol. The Labute approximate surface area is 153 Å². The van der Waals surface area contributed by atoms with Crippen LogP contribution >= 0.6 is 11.6 Å². The van der Waals surface area contributed by atoms with E-state index in [1.165, 1.54) is 56.5 Å². The monoisotopic (exact) mass is 378 g/mol. The summed E-state index contributed by atoms with van der Waals surface area (Å²) in [4.78, 5) is 34.4. The molecule has 0 unspecified atom stereocenters. The molecule has 9 heteroatoms. The average molecular weight is 379 g/mol. The number of nitrogens with one attached hydrogen (secondary N) is 1. The van der Waals surface area contributed by atoms with Gasteiger partial charge in [0, 0.05) is 11.1 Å². The van der Waals surface area contributed by atoms with Crippen LogP contribution in [0.1, 0.15) is 17.3 Å². The zero-order valence-corrected chi connectivity index (χ0v) is 14.6. The lowest BCUT2D eigenvalue weighted by molar-refractivity contribution is -0.384. The summed E-state index contributed by atoms with van der Waals surface area (Å²) in [7, 11) is 1.32. The van der Waals surface area contributed by atoms with Crippen LogP contribution < -0.4 is 10.1 Å². The van der Waals surface area contributed by atoms with Crippen LogP contribution in [-0.4, -0.2) is 30.0 Å². The summed E-state index contributed by atoms with van der Waals surface area (Å²) < 4.78 is 10.1. The third-order valence-electron chi connectivity index (χ3n) is 3.39. The number of hydrogen-bond donors (Lipinski definition) is 1. The number of halogens is 1. The van der Waals surface area contributed by atoms with Crippen molar-refractivity contribution in [3.05, 3.63) is 63.2 Å². The number of carbonyl (C=O) groups excluding carboxylic acids is 2. The molecule has 0 spiro atoms. The first-order valence-electron chi connectivity index (χ1n) is 7.41. The second-order valence-electron chi connectivity index (χ2n) is 5.19. The molecule has 0 aliphatic carbocycles. The standard InChI is InChI=1S/C17H15ClN2O6/c1-10(26-17(22)11-3-5-12(18)6-4-11)16(21)19-14-8-7-13(20(23)24)9-15(14)25-2/h3-10H,1-2H3,(H,19,21)/t10-/m0/s1. The van der Waals surface area contributed by atoms with Crippen LogP contribution in [0.3, 0.4) is 0 Å². The summed E-state index contributed by atoms with van der Waals surface area (Å²) in [5.74, 6) is -1.18. The summed E-state index contributed by atoms with van der Waals surface area (Å²) in [5.41, 5.74) is 0.293. The third-order valence-corrected chi connectivity index (χ3v) is 3.64. The lowest BCUT2D eigenvalue weighted by Crippen LogP contribution is -2.30. The van der Waals surface area contributed by atoms with Crippen molar-refractivity contribution in [1.29, 1.82) is 0 Å². The molecule has 26 heavy (non-hydrogen) atoms. The minimum atomic E-state index is -1.10. The molecule has 0 radical (unpaired) electrons. The van der Waals surface area contributed by atoms with Gasteiger partial charge in [0.15, 0.2) is 6.10 Å². The number of nitrogens with zero attached hydrogens (tertiary/aromatic N) is 1. The number of rotatable bonds is 6. The fourth-order valence-corrected chi connectivity index (χ4v) is 2.13. The van der Waals surface area contributed by atoms with Crippen molar-refractivity contribution in [2.75, 3.05) is 12.4 Å². The highest BCUT2D eigenvalue weighted by molar-refractivity contribution is 6.30. The highest BCUT2D eigenvalue weighted by Crippen LogP contribution is 2.29. The minimum Gasteiger partial charge on any atom is -0.494 e. The van der Waals surface area contributed by atoms with E-state index in [2.05, 4.69) is 5.32 Å². The molecule has 136 valence electrons. The third kappa shape index (κ3) is 4.70. The predicted octanol–water partition coefficient (Wildman–Crippen LogP) is 3.44. The van der Waals surface area contributed by atoms with Gasteiger partial charge in [-0.3, -0.25) is 14.9 Å². The molecule has 0 heterocycles. The molecule has 1 amide bonds. The quantitative estimate of drug-likeness (QED) is 0.468. The Balaban J connectivity index is 2.05. The molecule has 0 fully saturated rings. The van der Waals surface area contributed by atoms with Gasteiger partial charge in [0.25, 0.3) is 11.6 Å². The Morgan fingerprint density at radius 2 is 1.85 bits per heavy atom. The van der Waals surface area contributed by atoms with E-state index in [1.54, 1.807) is 0 Å². The van der Waals surface area contributed by atoms with E-state index in [1.807, 2.05) is 0 Å². The summed E-state index contributed by atoms with van der Waals surface area (Å²) in [6, 6.07) is 9.77. The number of non-ortho nitro benzene ring substituents is 1. The van der Waals surface area contributed by atoms with E-state index < -0.39 is 22.9 Å². The number of benzene rings is 2. The Bertz CT molecular complexity index is 838. The molecular formula is C17H15ClN2O6. The fourth-order valence-electron chi connectivity index (χ4n) is 2.00. The topological polar surface area (TPSA) is 108 Å². The van der Waals surface area contributed by atoms with Crippen LogP contribution in [0.15, 0.2) is 42.5 Å². The molecule has 0 aliphatic heterocycles. The Kier molecular flexibility index (Phi) is 6.13. The molecule has 1 N–H and O–H groups in total. The normalized spacial score (nSPS) is 11.3. The zero-order valence-electron chi connectivity index (χ0n) is 13.9. The summed E-state index contributed by atoms with van der Waals surface area (Å²) >= 11 is 5.75. The van der Waals surface area contributed by atoms with Gasteiger partial charge >= 0.3 is 5.97 Å². The van der Waals surface area contributed by atoms with Gasteiger partial charge in [0.1, 0.15) is 5.75 Å². The number of hydrogen-bond acceptors (Lipinski definition) is 6. The lowest BCUT2D eigenvalue weighted by atomic mass is 10.2. The number of methoxy groups -OCH3 is 1. The number of amides is 1. The number of esters is 1. The second-order valence-corrected chi connectivity index (χ2v) is 5.62. The van der Waals surface area contributed by atoms with Crippen LogP contribution in [-0.2, 0) is 9.53 Å². The van der Waals surface area contributed by atoms with E-state index in [0.717, 1.165) is 0 Å². The lowest BCUT2D eigenvalue weighted by Gasteiger charge is -2.15. The number of nitro benzene ring substituents is 1. The molecule has 0 saturated heterocycles. The molecule has 0 bridgehead atoms. The maximum Gasteiger partial charge on any atom is 0.338 e. The largest absolute Gasteiger partial charge is 0.494 e. The van der Waals surface area contributed by atoms with Gasteiger partial charge in [-0.25, -0.2) is 4.79 Å². The number of anilines is 1. The minimum absolute atomic E-state index is 0.115. The highest BCUT2D eigenvalue weighted by atomic mass is 35.5. The molecule has 0 aliphatic rings. The van der Waals surface area contributed by atoms with Crippen molar-refractivity contribution in [2.45, 2.75) is 13.0 Å². The van der Waals surface area contributed by atoms with E-state index in [-0.39, 0.29) is 22.7 Å². The first kappa shape index (κ1) is 19.2. The van der Waals surface area contributed by atoms with Crippen LogP contribution in [0, 0.1) is 10.1 Å². The molecule has 2 aromatic carbocycles. The van der Waals surface area contributed by atoms with Crippen LogP contribution in [0.5, 0.6) is 5.75 Å². The SMILES string of the molecule is COc1cc([N+](=O)[O-])ccc1NC(=O)[C@H](C)OC(=O)c1ccc(Cl)cc1. The van der Waals surface area contributed by atoms with Crippen molar-refractivity contribution < 1.29 is 24.0 Å². The average Bonchev–Trinajstić information content (AvgIpc) is 2.62. The van der Waals surface area contributed by atoms with Gasteiger partial charge in [-0.1, -0.05) is 11.6 Å². The first-order valence-corrected chi connectivity index (χ1v) is 7.79. The molecule has 0 aromatic heterocycles. The summed E-state index contributed by atoms with van der Waals surface area (Å²) in [6.07, 6.45) is -1.10. The van der Waals surface area contributed by atoms with E-state index >= 15 is 0 Å². The maximum absolute atomic E-state index is 12.2. The van der Waals surface area contributed by atoms with Crippen LogP contribution in [0.25, 0.3) is 0 Å². The van der Waals surface area contributed by atoms with Gasteiger partial charge in [-0.05, 0) is 37.3 Å². The van der Waals surface area contributed by atoms with Gasteiger partial charge in [0.05, 0.1) is 29.4 Å². The Hall–Kier alpha value is -3.13. The van der Waals surface area contributed by atoms with Crippen molar-refractivity contribution >= 4 is 34.9 Å². The van der Waals surface area contributed by atoms with Crippen molar-refractivity contribution in [3.8, 4) is 5.75 Å². The molecule has 8 nitrogen and oxygen atoms in total. The van der Waals surface area contributed by atoms with E-state index in [9.17, 15) is 19.7 Å². The van der Waals surface area contributed by atoms with Gasteiger partial charge < -0.3 is 14.8 Å². The van der Waals surface area contributed by atoms with Crippen LogP contribution in [0.2, 0.25) is 5.02 Å².